The fourth-order valence-corrected chi connectivity index (χ4v) is 3.12. The molecule has 0 spiro atoms. The zero-order chi connectivity index (χ0) is 15.5. The third-order valence-corrected chi connectivity index (χ3v) is 4.46. The predicted molar refractivity (Wildman–Crippen MR) is 80.8 cm³/mol. The molecular weight excluding hydrogens is 315 g/mol. The second-order valence-corrected chi connectivity index (χ2v) is 6.99. The van der Waals surface area contributed by atoms with E-state index in [1.807, 2.05) is 12.1 Å². The molecule has 114 valence electrons. The van der Waals surface area contributed by atoms with Crippen molar-refractivity contribution in [3.63, 3.8) is 0 Å². The average Bonchev–Trinajstić information content (AvgIpc) is 2.87. The van der Waals surface area contributed by atoms with Crippen LogP contribution < -0.4 is 4.74 Å². The topological polar surface area (TPSA) is 52.6 Å². The summed E-state index contributed by atoms with van der Waals surface area (Å²) in [6.45, 7) is -0.813. The zero-order valence-corrected chi connectivity index (χ0v) is 13.3. The highest BCUT2D eigenvalue weighted by molar-refractivity contribution is 7.85. The van der Waals surface area contributed by atoms with E-state index >= 15 is 0 Å². The van der Waals surface area contributed by atoms with Crippen LogP contribution in [-0.2, 0) is 27.6 Å². The molecule has 4 nitrogen and oxygen atoms in total. The SMILES string of the molecule is COc1ccc(-c2csc(CF)c2COS(C)(=O)=O)cc1. The van der Waals surface area contributed by atoms with Gasteiger partial charge in [0, 0.05) is 10.4 Å². The number of hydrogen-bond donors (Lipinski definition) is 0. The molecule has 1 aromatic carbocycles. The van der Waals surface area contributed by atoms with E-state index in [4.69, 9.17) is 8.92 Å². The third kappa shape index (κ3) is 4.03. The van der Waals surface area contributed by atoms with Crippen LogP contribution in [0.1, 0.15) is 10.4 Å². The second kappa shape index (κ2) is 6.55. The molecule has 0 aliphatic carbocycles. The van der Waals surface area contributed by atoms with E-state index in [0.717, 1.165) is 17.4 Å². The van der Waals surface area contributed by atoms with Gasteiger partial charge in [0.25, 0.3) is 10.1 Å². The summed E-state index contributed by atoms with van der Waals surface area (Å²) in [5.41, 5.74) is 2.20. The first-order valence-corrected chi connectivity index (χ1v) is 8.78. The first-order valence-electron chi connectivity index (χ1n) is 6.08. The molecule has 2 aromatic rings. The van der Waals surface area contributed by atoms with E-state index in [-0.39, 0.29) is 6.61 Å². The van der Waals surface area contributed by atoms with E-state index in [9.17, 15) is 12.8 Å². The smallest absolute Gasteiger partial charge is 0.264 e. The van der Waals surface area contributed by atoms with E-state index < -0.39 is 16.8 Å². The van der Waals surface area contributed by atoms with Crippen LogP contribution in [0, 0.1) is 0 Å². The summed E-state index contributed by atoms with van der Waals surface area (Å²) in [6, 6.07) is 7.27. The van der Waals surface area contributed by atoms with Crippen LogP contribution in [0.3, 0.4) is 0 Å². The summed E-state index contributed by atoms with van der Waals surface area (Å²) < 4.78 is 45.2. The molecule has 1 aromatic heterocycles. The van der Waals surface area contributed by atoms with Gasteiger partial charge in [0.1, 0.15) is 12.4 Å². The Balaban J connectivity index is 2.36. The lowest BCUT2D eigenvalue weighted by atomic mass is 10.0. The summed E-state index contributed by atoms with van der Waals surface area (Å²) in [7, 11) is -2.00. The fourth-order valence-electron chi connectivity index (χ4n) is 1.87. The number of halogens is 1. The van der Waals surface area contributed by atoms with E-state index in [1.165, 1.54) is 11.3 Å². The molecule has 0 atom stereocenters. The highest BCUT2D eigenvalue weighted by atomic mass is 32.2. The Morgan fingerprint density at radius 3 is 2.43 bits per heavy atom. The molecule has 0 fully saturated rings. The van der Waals surface area contributed by atoms with Crippen molar-refractivity contribution in [1.82, 2.24) is 0 Å². The Bertz CT molecular complexity index is 705. The van der Waals surface area contributed by atoms with Crippen LogP contribution in [0.25, 0.3) is 11.1 Å². The second-order valence-electron chi connectivity index (χ2n) is 4.38. The number of benzene rings is 1. The summed E-state index contributed by atoms with van der Waals surface area (Å²) in [4.78, 5) is 0.476. The van der Waals surface area contributed by atoms with Crippen molar-refractivity contribution in [3.8, 4) is 16.9 Å². The van der Waals surface area contributed by atoms with Crippen molar-refractivity contribution in [3.05, 3.63) is 40.1 Å². The summed E-state index contributed by atoms with van der Waals surface area (Å²) in [5.74, 6) is 0.716. The van der Waals surface area contributed by atoms with Gasteiger partial charge in [0.2, 0.25) is 0 Å². The maximum absolute atomic E-state index is 13.0. The van der Waals surface area contributed by atoms with Crippen molar-refractivity contribution in [2.45, 2.75) is 13.3 Å². The van der Waals surface area contributed by atoms with Gasteiger partial charge in [0.15, 0.2) is 0 Å². The van der Waals surface area contributed by atoms with Crippen LogP contribution in [0.15, 0.2) is 29.6 Å². The lowest BCUT2D eigenvalue weighted by molar-refractivity contribution is 0.310. The standard InChI is InChI=1S/C14H15FO4S2/c1-18-11-5-3-10(4-6-11)13-9-20-14(7-15)12(13)8-19-21(2,16)17/h3-6,9H,7-8H2,1-2H3. The van der Waals surface area contributed by atoms with E-state index in [0.29, 0.717) is 16.2 Å². The molecule has 0 unspecified atom stereocenters. The van der Waals surface area contributed by atoms with Crippen LogP contribution in [0.4, 0.5) is 4.39 Å². The molecule has 0 radical (unpaired) electrons. The molecule has 0 bridgehead atoms. The van der Waals surface area contributed by atoms with Gasteiger partial charge >= 0.3 is 0 Å². The van der Waals surface area contributed by atoms with Crippen LogP contribution in [0.5, 0.6) is 5.75 Å². The molecule has 0 aliphatic heterocycles. The normalized spacial score (nSPS) is 11.6. The molecule has 7 heteroatoms. The van der Waals surface area contributed by atoms with Crippen molar-refractivity contribution < 1.29 is 21.7 Å². The monoisotopic (exact) mass is 330 g/mol. The zero-order valence-electron chi connectivity index (χ0n) is 11.6. The van der Waals surface area contributed by atoms with Gasteiger partial charge in [-0.2, -0.15) is 8.42 Å². The number of methoxy groups -OCH3 is 1. The van der Waals surface area contributed by atoms with Gasteiger partial charge in [-0.1, -0.05) is 12.1 Å². The quantitative estimate of drug-likeness (QED) is 0.762. The third-order valence-electron chi connectivity index (χ3n) is 2.92. The molecule has 0 aliphatic rings. The number of hydrogen-bond acceptors (Lipinski definition) is 5. The van der Waals surface area contributed by atoms with Crippen molar-refractivity contribution in [1.29, 1.82) is 0 Å². The van der Waals surface area contributed by atoms with Crippen molar-refractivity contribution in [2.75, 3.05) is 13.4 Å². The lowest BCUT2D eigenvalue weighted by Gasteiger charge is -2.07. The minimum atomic E-state index is -3.57. The number of thiophene rings is 1. The summed E-state index contributed by atoms with van der Waals surface area (Å²) in [6.07, 6.45) is 0.974. The predicted octanol–water partition coefficient (Wildman–Crippen LogP) is 3.37. The minimum Gasteiger partial charge on any atom is -0.497 e. The molecule has 21 heavy (non-hydrogen) atoms. The number of rotatable bonds is 6. The Kier molecular flexibility index (Phi) is 4.97. The minimum absolute atomic E-state index is 0.164. The Morgan fingerprint density at radius 2 is 1.90 bits per heavy atom. The van der Waals surface area contributed by atoms with Crippen LogP contribution >= 0.6 is 11.3 Å². The van der Waals surface area contributed by atoms with Gasteiger partial charge in [-0.3, -0.25) is 4.18 Å². The van der Waals surface area contributed by atoms with Crippen LogP contribution in [0.2, 0.25) is 0 Å². The average molecular weight is 330 g/mol. The Labute approximate surface area is 127 Å². The maximum atomic E-state index is 13.0. The Morgan fingerprint density at radius 1 is 1.24 bits per heavy atom. The molecule has 2 rings (SSSR count). The molecule has 0 N–H and O–H groups in total. The number of ether oxygens (including phenoxy) is 1. The summed E-state index contributed by atoms with van der Waals surface area (Å²) in [5, 5.41) is 1.80. The molecule has 0 saturated heterocycles. The van der Waals surface area contributed by atoms with Gasteiger partial charge in [-0.05, 0) is 28.6 Å². The van der Waals surface area contributed by atoms with Gasteiger partial charge < -0.3 is 4.74 Å². The van der Waals surface area contributed by atoms with Crippen molar-refractivity contribution in [2.24, 2.45) is 0 Å². The van der Waals surface area contributed by atoms with Gasteiger partial charge in [-0.25, -0.2) is 4.39 Å². The highest BCUT2D eigenvalue weighted by Gasteiger charge is 2.15. The van der Waals surface area contributed by atoms with Crippen molar-refractivity contribution >= 4 is 21.5 Å². The molecule has 0 saturated carbocycles. The summed E-state index contributed by atoms with van der Waals surface area (Å²) >= 11 is 1.25. The van der Waals surface area contributed by atoms with E-state index in [1.54, 1.807) is 24.6 Å². The first kappa shape index (κ1) is 15.9. The van der Waals surface area contributed by atoms with Gasteiger partial charge in [-0.15, -0.1) is 11.3 Å². The first-order chi connectivity index (χ1) is 9.94. The Hall–Kier alpha value is -1.44. The van der Waals surface area contributed by atoms with Gasteiger partial charge in [0.05, 0.1) is 20.0 Å². The van der Waals surface area contributed by atoms with E-state index in [2.05, 4.69) is 0 Å². The molecule has 0 amide bonds. The molecular formula is C14H15FO4S2. The maximum Gasteiger partial charge on any atom is 0.264 e. The molecule has 1 heterocycles. The number of alkyl halides is 1. The highest BCUT2D eigenvalue weighted by Crippen LogP contribution is 2.34. The lowest BCUT2D eigenvalue weighted by Crippen LogP contribution is -2.04. The van der Waals surface area contributed by atoms with Crippen LogP contribution in [-0.4, -0.2) is 21.8 Å². The largest absolute Gasteiger partial charge is 0.497 e. The fraction of sp³-hybridized carbons (Fsp3) is 0.286.